The van der Waals surface area contributed by atoms with Gasteiger partial charge in [0.05, 0.1) is 0 Å². The molecule has 0 aliphatic rings. The normalized spacial score (nSPS) is 8.56. The van der Waals surface area contributed by atoms with Gasteiger partial charge in [-0.15, -0.1) is 0 Å². The van der Waals surface area contributed by atoms with Crippen LogP contribution in [0.25, 0.3) is 0 Å². The summed E-state index contributed by atoms with van der Waals surface area (Å²) in [5.41, 5.74) is 0. The molecule has 0 unspecified atom stereocenters. The Hall–Kier alpha value is 0.188. The molecule has 0 rings (SSSR count). The Bertz CT molecular complexity index is 93.1. The number of carbonyl (C=O) groups is 1. The van der Waals surface area contributed by atoms with Crippen molar-refractivity contribution in [1.29, 1.82) is 0 Å². The van der Waals surface area contributed by atoms with Crippen molar-refractivity contribution in [3.63, 3.8) is 0 Å². The van der Waals surface area contributed by atoms with Gasteiger partial charge in [0.2, 0.25) is 0 Å². The fourth-order valence-electron chi connectivity index (χ4n) is 0.315. The summed E-state index contributed by atoms with van der Waals surface area (Å²) in [7, 11) is 3.72. The first-order chi connectivity index (χ1) is 3.55. The molecule has 0 spiro atoms. The van der Waals surface area contributed by atoms with E-state index in [-0.39, 0.29) is 26.8 Å². The number of likely N-dealkylation sites (N-methyl/N-ethyl adjacent to an activating group) is 1. The molecule has 2 nitrogen and oxygen atoms in total. The minimum Gasteiger partial charge on any atom is -0.437 e. The summed E-state index contributed by atoms with van der Waals surface area (Å²) in [5.74, 6) is 0.134. The first kappa shape index (κ1) is 11.9. The Morgan fingerprint density at radius 2 is 1.78 bits per heavy atom. The first-order valence-electron chi connectivity index (χ1n) is 2.57. The number of carbonyl (C=O) groups excluding carboxylic acids is 1. The molecule has 0 aromatic carbocycles. The van der Waals surface area contributed by atoms with E-state index in [9.17, 15) is 4.79 Å². The number of hydrogen-bond donors (Lipinski definition) is 0. The van der Waals surface area contributed by atoms with E-state index in [0.717, 1.165) is 6.04 Å². The van der Waals surface area contributed by atoms with Gasteiger partial charge >= 0.3 is 0 Å². The summed E-state index contributed by atoms with van der Waals surface area (Å²) in [6, 6.07) is 0.796. The van der Waals surface area contributed by atoms with E-state index < -0.39 is 0 Å². The zero-order valence-corrected chi connectivity index (χ0v) is 9.20. The minimum atomic E-state index is 0. The van der Waals surface area contributed by atoms with Crippen LogP contribution in [0, 0.1) is 6.04 Å². The molecule has 0 heterocycles. The van der Waals surface area contributed by atoms with Crippen molar-refractivity contribution in [3.8, 4) is 0 Å². The molecule has 0 radical (unpaired) electrons. The second-order valence-corrected chi connectivity index (χ2v) is 2.04. The van der Waals surface area contributed by atoms with Crippen molar-refractivity contribution in [1.82, 2.24) is 4.90 Å². The zero-order valence-electron chi connectivity index (χ0n) is 6.26. The number of rotatable bonds is 2. The summed E-state index contributed by atoms with van der Waals surface area (Å²) in [6.07, 6.45) is 0. The van der Waals surface area contributed by atoms with E-state index >= 15 is 0 Å². The van der Waals surface area contributed by atoms with Gasteiger partial charge in [0, 0.05) is 26.8 Å². The third kappa shape index (κ3) is 4.68. The maximum absolute atomic E-state index is 10.5. The molecule has 0 aromatic heterocycles. The summed E-state index contributed by atoms with van der Waals surface area (Å²) in [4.78, 5) is 12.3. The monoisotopic (exact) mass is 298 g/mol. The number of ketones is 1. The second kappa shape index (κ2) is 5.01. The van der Waals surface area contributed by atoms with E-state index in [0.29, 0.717) is 0 Å². The van der Waals surface area contributed by atoms with Crippen LogP contribution in [0.15, 0.2) is 0 Å². The molecule has 3 heteroatoms. The Kier molecular flexibility index (Phi) is 6.64. The average molecular weight is 298 g/mol. The molecule has 9 heavy (non-hydrogen) atoms. The van der Waals surface area contributed by atoms with E-state index in [1.54, 1.807) is 6.92 Å². The fraction of sp³-hybridized carbons (Fsp3) is 0.667. The topological polar surface area (TPSA) is 20.3 Å². The molecule has 0 saturated heterocycles. The smallest absolute Gasteiger partial charge is 0.0111 e. The maximum Gasteiger partial charge on any atom is 0.0111 e. The van der Waals surface area contributed by atoms with Gasteiger partial charge in [0.25, 0.3) is 0 Å². The van der Waals surface area contributed by atoms with Gasteiger partial charge in [-0.1, -0.05) is 0 Å². The van der Waals surface area contributed by atoms with Gasteiger partial charge in [-0.3, -0.25) is 6.04 Å². The molecule has 54 valence electrons. The largest absolute Gasteiger partial charge is 0.437 e. The summed E-state index contributed by atoms with van der Waals surface area (Å²) < 4.78 is 0. The SMILES string of the molecule is CC(=O)[C-](C)N(C)C.[W]. The van der Waals surface area contributed by atoms with Crippen LogP contribution in [0.3, 0.4) is 0 Å². The molecule has 0 bridgehead atoms. The van der Waals surface area contributed by atoms with Gasteiger partial charge < -0.3 is 9.69 Å². The summed E-state index contributed by atoms with van der Waals surface area (Å²) in [5, 5.41) is 0. The van der Waals surface area contributed by atoms with Gasteiger partial charge in [-0.25, -0.2) is 0 Å². The van der Waals surface area contributed by atoms with Gasteiger partial charge in [-0.05, 0) is 21.0 Å². The molecular weight excluding hydrogens is 286 g/mol. The van der Waals surface area contributed by atoms with Gasteiger partial charge in [0.15, 0.2) is 0 Å². The molecule has 0 aliphatic heterocycles. The number of Topliss-reactive ketones (excluding diaryl/α,β-unsaturated/α-hetero) is 1. The van der Waals surface area contributed by atoms with Crippen molar-refractivity contribution in [2.24, 2.45) is 0 Å². The molecule has 0 aromatic rings. The van der Waals surface area contributed by atoms with Crippen LogP contribution in [0.2, 0.25) is 0 Å². The molecule has 0 aliphatic carbocycles. The van der Waals surface area contributed by atoms with Crippen molar-refractivity contribution in [2.45, 2.75) is 13.8 Å². The van der Waals surface area contributed by atoms with Crippen LogP contribution in [-0.4, -0.2) is 24.8 Å². The van der Waals surface area contributed by atoms with Crippen LogP contribution in [-0.2, 0) is 25.9 Å². The van der Waals surface area contributed by atoms with Crippen LogP contribution in [0.4, 0.5) is 0 Å². The van der Waals surface area contributed by atoms with Crippen molar-refractivity contribution >= 4 is 5.78 Å². The number of nitrogens with zero attached hydrogens (tertiary/aromatic N) is 1. The Morgan fingerprint density at radius 1 is 1.44 bits per heavy atom. The predicted octanol–water partition coefficient (Wildman–Crippen LogP) is 0.686. The zero-order chi connectivity index (χ0) is 6.73. The molecule has 0 amide bonds. The molecule has 0 N–H and O–H groups in total. The third-order valence-corrected chi connectivity index (χ3v) is 1.18. The standard InChI is InChI=1S/C6H12NO.W/c1-5(6(2)8)7(3)4;/h1-4H3;/q-1;. The molecule has 0 saturated carbocycles. The van der Waals surface area contributed by atoms with E-state index in [1.165, 1.54) is 0 Å². The molecular formula is C6H12NOW-. The molecule has 0 atom stereocenters. The third-order valence-electron chi connectivity index (χ3n) is 1.18. The Labute approximate surface area is 70.9 Å². The van der Waals surface area contributed by atoms with Crippen molar-refractivity contribution in [3.05, 3.63) is 6.04 Å². The van der Waals surface area contributed by atoms with Crippen LogP contribution in [0.1, 0.15) is 13.8 Å². The van der Waals surface area contributed by atoms with E-state index in [4.69, 9.17) is 0 Å². The summed E-state index contributed by atoms with van der Waals surface area (Å²) in [6.45, 7) is 3.37. The van der Waals surface area contributed by atoms with E-state index in [1.807, 2.05) is 25.9 Å². The fourth-order valence-corrected chi connectivity index (χ4v) is 0.315. The van der Waals surface area contributed by atoms with Gasteiger partial charge in [-0.2, -0.15) is 6.92 Å². The van der Waals surface area contributed by atoms with Crippen molar-refractivity contribution in [2.75, 3.05) is 14.1 Å². The average Bonchev–Trinajstić information content (AvgIpc) is 1.64. The predicted molar refractivity (Wildman–Crippen MR) is 33.3 cm³/mol. The second-order valence-electron chi connectivity index (χ2n) is 2.04. The van der Waals surface area contributed by atoms with Crippen LogP contribution < -0.4 is 0 Å². The van der Waals surface area contributed by atoms with Crippen molar-refractivity contribution < 1.29 is 25.9 Å². The quantitative estimate of drug-likeness (QED) is 0.699. The van der Waals surface area contributed by atoms with E-state index in [2.05, 4.69) is 0 Å². The number of hydrogen-bond acceptors (Lipinski definition) is 2. The Balaban J connectivity index is 0. The minimum absolute atomic E-state index is 0. The molecule has 0 fully saturated rings. The maximum atomic E-state index is 10.5. The Morgan fingerprint density at radius 3 is 1.78 bits per heavy atom. The van der Waals surface area contributed by atoms with Crippen LogP contribution in [0.5, 0.6) is 0 Å². The van der Waals surface area contributed by atoms with Gasteiger partial charge in [0.1, 0.15) is 0 Å². The van der Waals surface area contributed by atoms with Crippen LogP contribution >= 0.6 is 0 Å². The first-order valence-corrected chi connectivity index (χ1v) is 2.57. The summed E-state index contributed by atoms with van der Waals surface area (Å²) >= 11 is 0.